The minimum absolute atomic E-state index is 0.540. The van der Waals surface area contributed by atoms with Crippen LogP contribution in [-0.2, 0) is 0 Å². The molecule has 0 unspecified atom stereocenters. The van der Waals surface area contributed by atoms with Crippen molar-refractivity contribution >= 4 is 12.6 Å². The minimum atomic E-state index is 0.540. The molecule has 0 N–H and O–H groups in total. The molecule has 0 spiro atoms. The molecule has 0 saturated carbocycles. The molecule has 2 aromatic heterocycles. The zero-order valence-electron chi connectivity index (χ0n) is 7.33. The number of carbonyl (C=O) groups is 2. The third-order valence-corrected chi connectivity index (χ3v) is 1.97. The molecule has 0 radical (unpaired) electrons. The Morgan fingerprint density at radius 2 is 1.93 bits per heavy atom. The van der Waals surface area contributed by atoms with E-state index in [0.717, 1.165) is 12.6 Å². The van der Waals surface area contributed by atoms with Crippen LogP contribution in [0.1, 0.15) is 20.8 Å². The number of rotatable bonds is 3. The zero-order valence-corrected chi connectivity index (χ0v) is 7.33. The van der Waals surface area contributed by atoms with Crippen LogP contribution in [0.4, 0.5) is 0 Å². The van der Waals surface area contributed by atoms with E-state index < -0.39 is 0 Å². The van der Waals surface area contributed by atoms with E-state index in [1.54, 1.807) is 46.1 Å². The first-order valence-electron chi connectivity index (χ1n) is 4.11. The summed E-state index contributed by atoms with van der Waals surface area (Å²) in [6.07, 6.45) is 6.65. The minimum Gasteiger partial charge on any atom is -0.298 e. The summed E-state index contributed by atoms with van der Waals surface area (Å²) in [5.74, 6) is 0. The number of hydrogen-bond acceptors (Lipinski definition) is 2. The summed E-state index contributed by atoms with van der Waals surface area (Å²) in [7, 11) is 0. The Labute approximate surface area is 80.3 Å². The van der Waals surface area contributed by atoms with Gasteiger partial charge >= 0.3 is 0 Å². The average molecular weight is 188 g/mol. The van der Waals surface area contributed by atoms with E-state index in [9.17, 15) is 9.59 Å². The summed E-state index contributed by atoms with van der Waals surface area (Å²) in [6.45, 7) is 0. The molecule has 2 heterocycles. The van der Waals surface area contributed by atoms with Gasteiger partial charge in [-0.05, 0) is 18.2 Å². The van der Waals surface area contributed by atoms with Crippen molar-refractivity contribution in [3.8, 4) is 0 Å². The van der Waals surface area contributed by atoms with Crippen LogP contribution in [0.15, 0.2) is 36.8 Å². The van der Waals surface area contributed by atoms with Crippen LogP contribution >= 0.6 is 0 Å². The number of aromatic nitrogens is 2. The number of aldehydes is 2. The first-order valence-corrected chi connectivity index (χ1v) is 4.11. The largest absolute Gasteiger partial charge is 0.298 e. The topological polar surface area (TPSA) is 44.0 Å². The van der Waals surface area contributed by atoms with Gasteiger partial charge in [0, 0.05) is 24.2 Å². The van der Waals surface area contributed by atoms with Crippen molar-refractivity contribution in [3.05, 3.63) is 48.0 Å². The van der Waals surface area contributed by atoms with Gasteiger partial charge in [0.05, 0.1) is 0 Å². The van der Waals surface area contributed by atoms with Crippen LogP contribution < -0.4 is 0 Å². The summed E-state index contributed by atoms with van der Waals surface area (Å²) in [5.41, 5.74) is 1.12. The van der Waals surface area contributed by atoms with Gasteiger partial charge in [0.1, 0.15) is 5.69 Å². The molecular formula is C10H8N2O2. The molecular weight excluding hydrogens is 180 g/mol. The molecule has 0 atom stereocenters. The lowest BCUT2D eigenvalue weighted by Gasteiger charge is -2.05. The van der Waals surface area contributed by atoms with Gasteiger partial charge in [-0.1, -0.05) is 0 Å². The molecule has 4 heteroatoms. The number of hydrogen-bond donors (Lipinski definition) is 0. The molecule has 2 rings (SSSR count). The Morgan fingerprint density at radius 3 is 2.57 bits per heavy atom. The van der Waals surface area contributed by atoms with Crippen LogP contribution in [0, 0.1) is 0 Å². The summed E-state index contributed by atoms with van der Waals surface area (Å²) < 4.78 is 3.33. The van der Waals surface area contributed by atoms with E-state index >= 15 is 0 Å². The fourth-order valence-electron chi connectivity index (χ4n) is 1.29. The second-order valence-corrected chi connectivity index (χ2v) is 2.84. The van der Waals surface area contributed by atoms with Gasteiger partial charge in [0.2, 0.25) is 0 Å². The highest BCUT2D eigenvalue weighted by Gasteiger charge is 2.01. The molecule has 4 nitrogen and oxygen atoms in total. The van der Waals surface area contributed by atoms with Gasteiger partial charge in [-0.2, -0.15) is 0 Å². The lowest BCUT2D eigenvalue weighted by molar-refractivity contribution is 0.111. The fraction of sp³-hybridized carbons (Fsp3) is 0. The third kappa shape index (κ3) is 1.26. The highest BCUT2D eigenvalue weighted by Crippen LogP contribution is 2.03. The molecule has 0 aliphatic rings. The van der Waals surface area contributed by atoms with Gasteiger partial charge in [0.25, 0.3) is 0 Å². The van der Waals surface area contributed by atoms with Gasteiger partial charge in [-0.3, -0.25) is 18.9 Å². The molecule has 2 aromatic rings. The SMILES string of the molecule is O=Cc1ccn(-n2cccc2C=O)c1. The summed E-state index contributed by atoms with van der Waals surface area (Å²) in [4.78, 5) is 21.1. The van der Waals surface area contributed by atoms with Crippen molar-refractivity contribution in [1.82, 2.24) is 9.35 Å². The Morgan fingerprint density at radius 1 is 1.07 bits per heavy atom. The fourth-order valence-corrected chi connectivity index (χ4v) is 1.29. The Bertz CT molecular complexity index is 468. The molecule has 14 heavy (non-hydrogen) atoms. The van der Waals surface area contributed by atoms with Crippen molar-refractivity contribution < 1.29 is 9.59 Å². The maximum Gasteiger partial charge on any atom is 0.168 e. The van der Waals surface area contributed by atoms with E-state index in [1.807, 2.05) is 0 Å². The molecule has 0 saturated heterocycles. The lowest BCUT2D eigenvalue weighted by atomic mass is 10.4. The zero-order chi connectivity index (χ0) is 9.97. The third-order valence-electron chi connectivity index (χ3n) is 1.97. The van der Waals surface area contributed by atoms with Crippen LogP contribution in [0.2, 0.25) is 0 Å². The predicted octanol–water partition coefficient (Wildman–Crippen LogP) is 1.23. The molecule has 0 bridgehead atoms. The summed E-state index contributed by atoms with van der Waals surface area (Å²) in [5, 5.41) is 0. The molecule has 0 aliphatic carbocycles. The number of nitrogens with zero attached hydrogens (tertiary/aromatic N) is 2. The van der Waals surface area contributed by atoms with Crippen molar-refractivity contribution in [1.29, 1.82) is 0 Å². The predicted molar refractivity (Wildman–Crippen MR) is 50.4 cm³/mol. The van der Waals surface area contributed by atoms with E-state index in [-0.39, 0.29) is 0 Å². The normalized spacial score (nSPS) is 10.0. The van der Waals surface area contributed by atoms with Gasteiger partial charge in [0.15, 0.2) is 12.6 Å². The van der Waals surface area contributed by atoms with E-state index in [1.165, 1.54) is 0 Å². The quantitative estimate of drug-likeness (QED) is 0.680. The van der Waals surface area contributed by atoms with Gasteiger partial charge in [-0.25, -0.2) is 0 Å². The maximum atomic E-state index is 10.6. The second-order valence-electron chi connectivity index (χ2n) is 2.84. The number of carbonyl (C=O) groups excluding carboxylic acids is 2. The smallest absolute Gasteiger partial charge is 0.168 e. The van der Waals surface area contributed by atoms with Crippen LogP contribution in [0.25, 0.3) is 0 Å². The van der Waals surface area contributed by atoms with E-state index in [0.29, 0.717) is 11.3 Å². The molecule has 0 fully saturated rings. The maximum absolute atomic E-state index is 10.6. The van der Waals surface area contributed by atoms with Crippen molar-refractivity contribution in [2.45, 2.75) is 0 Å². The van der Waals surface area contributed by atoms with Gasteiger partial charge < -0.3 is 0 Å². The Hall–Kier alpha value is -2.10. The van der Waals surface area contributed by atoms with Crippen LogP contribution in [-0.4, -0.2) is 21.9 Å². The monoisotopic (exact) mass is 188 g/mol. The van der Waals surface area contributed by atoms with Crippen LogP contribution in [0.3, 0.4) is 0 Å². The highest BCUT2D eigenvalue weighted by molar-refractivity contribution is 5.74. The molecule has 0 aromatic carbocycles. The Kier molecular flexibility index (Phi) is 2.02. The molecule has 70 valence electrons. The van der Waals surface area contributed by atoms with E-state index in [2.05, 4.69) is 0 Å². The van der Waals surface area contributed by atoms with Crippen molar-refractivity contribution in [3.63, 3.8) is 0 Å². The van der Waals surface area contributed by atoms with Crippen molar-refractivity contribution in [2.24, 2.45) is 0 Å². The second kappa shape index (κ2) is 3.33. The first kappa shape index (κ1) is 8.50. The summed E-state index contributed by atoms with van der Waals surface area (Å²) in [6, 6.07) is 5.15. The average Bonchev–Trinajstić information content (AvgIpc) is 2.85. The van der Waals surface area contributed by atoms with Gasteiger partial charge in [-0.15, -0.1) is 0 Å². The Balaban J connectivity index is 2.48. The first-order chi connectivity index (χ1) is 6.85. The standard InChI is InChI=1S/C10H8N2O2/c13-7-9-3-5-11(6-9)12-4-1-2-10(12)8-14/h1-8H. The highest BCUT2D eigenvalue weighted by atomic mass is 16.1. The van der Waals surface area contributed by atoms with Crippen molar-refractivity contribution in [2.75, 3.05) is 0 Å². The summed E-state index contributed by atoms with van der Waals surface area (Å²) >= 11 is 0. The lowest BCUT2D eigenvalue weighted by Crippen LogP contribution is -2.08. The molecule has 0 amide bonds. The molecule has 0 aliphatic heterocycles. The van der Waals surface area contributed by atoms with E-state index in [4.69, 9.17) is 0 Å². The van der Waals surface area contributed by atoms with Crippen LogP contribution in [0.5, 0.6) is 0 Å².